The summed E-state index contributed by atoms with van der Waals surface area (Å²) < 4.78 is 11.0. The zero-order valence-electron chi connectivity index (χ0n) is 18.1. The Bertz CT molecular complexity index is 1040. The van der Waals surface area contributed by atoms with Crippen molar-refractivity contribution >= 4 is 18.0 Å². The summed E-state index contributed by atoms with van der Waals surface area (Å²) >= 11 is 0. The van der Waals surface area contributed by atoms with E-state index in [1.165, 1.54) is 0 Å². The third-order valence-corrected chi connectivity index (χ3v) is 6.79. The fourth-order valence-corrected chi connectivity index (χ4v) is 4.82. The molecule has 1 saturated carbocycles. The molecular weight excluding hydrogens is 424 g/mol. The van der Waals surface area contributed by atoms with Crippen molar-refractivity contribution in [3.05, 3.63) is 59.7 Å². The van der Waals surface area contributed by atoms with Crippen LogP contribution >= 0.6 is 0 Å². The van der Waals surface area contributed by atoms with Crippen molar-refractivity contribution in [2.75, 3.05) is 19.8 Å². The van der Waals surface area contributed by atoms with Gasteiger partial charge < -0.3 is 25.2 Å². The molecule has 5 rings (SSSR count). The molecule has 2 fully saturated rings. The van der Waals surface area contributed by atoms with Crippen LogP contribution in [-0.4, -0.2) is 54.5 Å². The number of carbonyl (C=O) groups is 3. The summed E-state index contributed by atoms with van der Waals surface area (Å²) in [6.45, 7) is 0.385. The molecule has 0 aromatic heterocycles. The topological polar surface area (TPSA) is 114 Å². The number of hydrogen-bond acceptors (Lipinski definition) is 5. The number of fused-ring (bicyclic) bond motifs is 3. The first-order chi connectivity index (χ1) is 16.0. The molecule has 2 aromatic rings. The van der Waals surface area contributed by atoms with Crippen LogP contribution < -0.4 is 10.6 Å². The average Bonchev–Trinajstić information content (AvgIpc) is 3.45. The second kappa shape index (κ2) is 8.51. The van der Waals surface area contributed by atoms with E-state index in [9.17, 15) is 19.5 Å². The molecule has 33 heavy (non-hydrogen) atoms. The summed E-state index contributed by atoms with van der Waals surface area (Å²) in [5.41, 5.74) is 3.10. The molecule has 172 valence electrons. The molecule has 3 N–H and O–H groups in total. The highest BCUT2D eigenvalue weighted by Gasteiger charge is 2.47. The lowest BCUT2D eigenvalue weighted by molar-refractivity contribution is -0.143. The van der Waals surface area contributed by atoms with Crippen LogP contribution in [0.15, 0.2) is 48.5 Å². The number of carboxylic acids is 1. The summed E-state index contributed by atoms with van der Waals surface area (Å²) in [6, 6.07) is 15.1. The zero-order chi connectivity index (χ0) is 23.0. The Kier molecular flexibility index (Phi) is 5.54. The van der Waals surface area contributed by atoms with Gasteiger partial charge in [0, 0.05) is 18.9 Å². The molecule has 0 bridgehead atoms. The SMILES string of the molecule is O=C(NC1(C(=O)NC(C(=O)O)C2CC2)CCOC1)OCC1c2ccccc2-c2ccccc21. The lowest BCUT2D eigenvalue weighted by Gasteiger charge is -2.29. The van der Waals surface area contributed by atoms with Crippen LogP contribution in [0.1, 0.15) is 36.3 Å². The molecule has 0 spiro atoms. The van der Waals surface area contributed by atoms with Crippen LogP contribution in [0.2, 0.25) is 0 Å². The van der Waals surface area contributed by atoms with Gasteiger partial charge in [0.2, 0.25) is 5.91 Å². The minimum absolute atomic E-state index is 0.0277. The van der Waals surface area contributed by atoms with Crippen molar-refractivity contribution in [3.63, 3.8) is 0 Å². The number of aliphatic carboxylic acids is 1. The predicted octanol–water partition coefficient (Wildman–Crippen LogP) is 2.66. The molecule has 1 aliphatic heterocycles. The minimum Gasteiger partial charge on any atom is -0.480 e. The maximum Gasteiger partial charge on any atom is 0.408 e. The average molecular weight is 450 g/mol. The van der Waals surface area contributed by atoms with E-state index in [-0.39, 0.29) is 38.1 Å². The van der Waals surface area contributed by atoms with E-state index < -0.39 is 29.6 Å². The lowest BCUT2D eigenvalue weighted by Crippen LogP contribution is -2.62. The highest BCUT2D eigenvalue weighted by Crippen LogP contribution is 2.44. The van der Waals surface area contributed by atoms with E-state index >= 15 is 0 Å². The molecule has 1 heterocycles. The van der Waals surface area contributed by atoms with Gasteiger partial charge in [0.05, 0.1) is 6.61 Å². The monoisotopic (exact) mass is 450 g/mol. The van der Waals surface area contributed by atoms with Gasteiger partial charge >= 0.3 is 12.1 Å². The Morgan fingerprint density at radius 1 is 1.06 bits per heavy atom. The van der Waals surface area contributed by atoms with Crippen LogP contribution in [0.3, 0.4) is 0 Å². The van der Waals surface area contributed by atoms with Crippen molar-refractivity contribution in [3.8, 4) is 11.1 Å². The maximum absolute atomic E-state index is 13.0. The van der Waals surface area contributed by atoms with Gasteiger partial charge in [-0.2, -0.15) is 0 Å². The van der Waals surface area contributed by atoms with Crippen molar-refractivity contribution in [1.29, 1.82) is 0 Å². The molecule has 2 aliphatic carbocycles. The highest BCUT2D eigenvalue weighted by atomic mass is 16.6. The zero-order valence-corrected chi connectivity index (χ0v) is 18.1. The van der Waals surface area contributed by atoms with Gasteiger partial charge in [-0.1, -0.05) is 48.5 Å². The Labute approximate surface area is 191 Å². The normalized spacial score (nSPS) is 22.2. The Morgan fingerprint density at radius 2 is 1.70 bits per heavy atom. The van der Waals surface area contributed by atoms with Crippen molar-refractivity contribution < 1.29 is 29.0 Å². The van der Waals surface area contributed by atoms with Crippen LogP contribution in [-0.2, 0) is 19.1 Å². The molecule has 3 aliphatic rings. The molecule has 8 heteroatoms. The van der Waals surface area contributed by atoms with E-state index in [2.05, 4.69) is 22.8 Å². The smallest absolute Gasteiger partial charge is 0.408 e. The number of nitrogens with one attached hydrogen (secondary N) is 2. The van der Waals surface area contributed by atoms with Crippen LogP contribution in [0, 0.1) is 5.92 Å². The van der Waals surface area contributed by atoms with Gasteiger partial charge in [-0.25, -0.2) is 9.59 Å². The summed E-state index contributed by atoms with van der Waals surface area (Å²) in [5, 5.41) is 14.7. The summed E-state index contributed by atoms with van der Waals surface area (Å²) in [5.74, 6) is -1.78. The van der Waals surface area contributed by atoms with Crippen LogP contribution in [0.4, 0.5) is 4.79 Å². The maximum atomic E-state index is 13.0. The standard InChI is InChI=1S/C25H26N2O6/c28-22(29)21(15-9-10-15)26-23(30)25(11-12-32-14-25)27-24(31)33-13-20-18-7-3-1-5-16(18)17-6-2-4-8-19(17)20/h1-8,15,20-21H,9-14H2,(H,26,30)(H,27,31)(H,28,29). The van der Waals surface area contributed by atoms with E-state index in [4.69, 9.17) is 9.47 Å². The van der Waals surface area contributed by atoms with Gasteiger partial charge in [-0.05, 0) is 41.0 Å². The van der Waals surface area contributed by atoms with Crippen molar-refractivity contribution in [1.82, 2.24) is 10.6 Å². The van der Waals surface area contributed by atoms with Gasteiger partial charge in [0.1, 0.15) is 18.2 Å². The van der Waals surface area contributed by atoms with Crippen molar-refractivity contribution in [2.45, 2.75) is 36.8 Å². The van der Waals surface area contributed by atoms with Crippen LogP contribution in [0.25, 0.3) is 11.1 Å². The molecule has 2 atom stereocenters. The van der Waals surface area contributed by atoms with Crippen LogP contribution in [0.5, 0.6) is 0 Å². The Hall–Kier alpha value is -3.39. The fraction of sp³-hybridized carbons (Fsp3) is 0.400. The van der Waals surface area contributed by atoms with E-state index in [0.29, 0.717) is 0 Å². The second-order valence-electron chi connectivity index (χ2n) is 8.96. The van der Waals surface area contributed by atoms with E-state index in [1.54, 1.807) is 0 Å². The molecule has 0 radical (unpaired) electrons. The predicted molar refractivity (Wildman–Crippen MR) is 119 cm³/mol. The van der Waals surface area contributed by atoms with Gasteiger partial charge in [-0.15, -0.1) is 0 Å². The first-order valence-electron chi connectivity index (χ1n) is 11.2. The third-order valence-electron chi connectivity index (χ3n) is 6.79. The number of amides is 2. The number of rotatable bonds is 7. The number of alkyl carbamates (subject to hydrolysis) is 1. The molecule has 2 aromatic carbocycles. The molecule has 8 nitrogen and oxygen atoms in total. The fourth-order valence-electron chi connectivity index (χ4n) is 4.82. The summed E-state index contributed by atoms with van der Waals surface area (Å²) in [6.07, 6.45) is 1.05. The summed E-state index contributed by atoms with van der Waals surface area (Å²) in [7, 11) is 0. The van der Waals surface area contributed by atoms with E-state index in [1.807, 2.05) is 36.4 Å². The molecule has 1 saturated heterocycles. The van der Waals surface area contributed by atoms with Gasteiger partial charge in [0.15, 0.2) is 0 Å². The number of ether oxygens (including phenoxy) is 2. The van der Waals surface area contributed by atoms with E-state index in [0.717, 1.165) is 35.1 Å². The summed E-state index contributed by atoms with van der Waals surface area (Å²) in [4.78, 5) is 37.3. The largest absolute Gasteiger partial charge is 0.480 e. The second-order valence-corrected chi connectivity index (χ2v) is 8.96. The first kappa shape index (κ1) is 21.5. The molecular formula is C25H26N2O6. The Balaban J connectivity index is 1.27. The van der Waals surface area contributed by atoms with Crippen molar-refractivity contribution in [2.24, 2.45) is 5.92 Å². The number of carbonyl (C=O) groups excluding carboxylic acids is 2. The number of benzene rings is 2. The number of hydrogen-bond donors (Lipinski definition) is 3. The first-order valence-corrected chi connectivity index (χ1v) is 11.2. The quantitative estimate of drug-likeness (QED) is 0.598. The lowest BCUT2D eigenvalue weighted by atomic mass is 9.96. The van der Waals surface area contributed by atoms with Gasteiger partial charge in [0.25, 0.3) is 0 Å². The number of carboxylic acid groups (broad SMARTS) is 1. The molecule has 2 unspecified atom stereocenters. The third kappa shape index (κ3) is 4.06. The Morgan fingerprint density at radius 3 is 2.24 bits per heavy atom. The highest BCUT2D eigenvalue weighted by molar-refractivity contribution is 5.93. The van der Waals surface area contributed by atoms with Gasteiger partial charge in [-0.3, -0.25) is 4.79 Å². The molecule has 2 amide bonds. The minimum atomic E-state index is -1.34.